The van der Waals surface area contributed by atoms with E-state index >= 15 is 0 Å². The minimum absolute atomic E-state index is 0.169. The van der Waals surface area contributed by atoms with Crippen LogP contribution in [0.1, 0.15) is 32.8 Å². The second-order valence-electron chi connectivity index (χ2n) is 7.25. The van der Waals surface area contributed by atoms with Crippen LogP contribution >= 0.6 is 0 Å². The molecule has 8 nitrogen and oxygen atoms in total. The number of likely N-dealkylation sites (N-methyl/N-ethyl adjacent to an activating group) is 1. The summed E-state index contributed by atoms with van der Waals surface area (Å²) in [5.41, 5.74) is 1.07. The first-order valence-corrected chi connectivity index (χ1v) is 10.8. The number of nitrogens with one attached hydrogen (secondary N) is 2. The van der Waals surface area contributed by atoms with Gasteiger partial charge in [0, 0.05) is 65.0 Å². The van der Waals surface area contributed by atoms with Gasteiger partial charge in [0.25, 0.3) is 0 Å². The van der Waals surface area contributed by atoms with E-state index in [1.807, 2.05) is 31.9 Å². The van der Waals surface area contributed by atoms with Crippen LogP contribution in [0.25, 0.3) is 0 Å². The molecule has 0 atom stereocenters. The standard InChI is InChI=1S/C21H37N7O/c1-5-22-21(23-11-10-20(29)27(6-2)7-3)25-17-18-8-9-19(24-16-18)28-14-12-26(4)13-15-28/h8-9,16H,5-7,10-15,17H2,1-4H3,(H2,22,23,25). The molecule has 0 bridgehead atoms. The summed E-state index contributed by atoms with van der Waals surface area (Å²) in [6.07, 6.45) is 2.37. The molecule has 1 aromatic heterocycles. The minimum Gasteiger partial charge on any atom is -0.357 e. The number of pyridine rings is 1. The summed E-state index contributed by atoms with van der Waals surface area (Å²) in [6.45, 7) is 13.6. The van der Waals surface area contributed by atoms with E-state index in [4.69, 9.17) is 0 Å². The van der Waals surface area contributed by atoms with Crippen molar-refractivity contribution < 1.29 is 4.79 Å². The van der Waals surface area contributed by atoms with Gasteiger partial charge in [0.15, 0.2) is 5.96 Å². The van der Waals surface area contributed by atoms with E-state index in [0.29, 0.717) is 19.5 Å². The van der Waals surface area contributed by atoms with Crippen LogP contribution in [0.4, 0.5) is 5.82 Å². The number of piperazine rings is 1. The summed E-state index contributed by atoms with van der Waals surface area (Å²) in [5, 5.41) is 6.48. The third-order valence-electron chi connectivity index (χ3n) is 5.15. The summed E-state index contributed by atoms with van der Waals surface area (Å²) < 4.78 is 0. The van der Waals surface area contributed by atoms with E-state index in [0.717, 1.165) is 63.2 Å². The monoisotopic (exact) mass is 403 g/mol. The highest BCUT2D eigenvalue weighted by Crippen LogP contribution is 2.14. The van der Waals surface area contributed by atoms with Gasteiger partial charge in [-0.3, -0.25) is 4.79 Å². The van der Waals surface area contributed by atoms with E-state index < -0.39 is 0 Å². The number of anilines is 1. The van der Waals surface area contributed by atoms with Crippen molar-refractivity contribution in [3.8, 4) is 0 Å². The third-order valence-corrected chi connectivity index (χ3v) is 5.15. The number of rotatable bonds is 9. The lowest BCUT2D eigenvalue weighted by Crippen LogP contribution is -2.44. The topological polar surface area (TPSA) is 76.1 Å². The van der Waals surface area contributed by atoms with E-state index in [-0.39, 0.29) is 5.91 Å². The number of nitrogens with zero attached hydrogens (tertiary/aromatic N) is 5. The Kier molecular flexibility index (Phi) is 9.70. The first-order chi connectivity index (χ1) is 14.1. The van der Waals surface area contributed by atoms with Gasteiger partial charge in [0.05, 0.1) is 6.54 Å². The van der Waals surface area contributed by atoms with Crippen LogP contribution in [0.3, 0.4) is 0 Å². The van der Waals surface area contributed by atoms with Crippen molar-refractivity contribution in [3.05, 3.63) is 23.9 Å². The SMILES string of the molecule is CCNC(=NCc1ccc(N2CCN(C)CC2)nc1)NCCC(=O)N(CC)CC. The van der Waals surface area contributed by atoms with Gasteiger partial charge < -0.3 is 25.3 Å². The summed E-state index contributed by atoms with van der Waals surface area (Å²) in [7, 11) is 2.15. The van der Waals surface area contributed by atoms with Crippen molar-refractivity contribution in [2.45, 2.75) is 33.7 Å². The molecule has 2 rings (SSSR count). The van der Waals surface area contributed by atoms with Crippen LogP contribution in [0.5, 0.6) is 0 Å². The molecular formula is C21H37N7O. The normalized spacial score (nSPS) is 15.3. The molecule has 0 aliphatic carbocycles. The molecule has 2 N–H and O–H groups in total. The molecule has 0 saturated carbocycles. The number of aromatic nitrogens is 1. The highest BCUT2D eigenvalue weighted by Gasteiger charge is 2.15. The number of carbonyl (C=O) groups excluding carboxylic acids is 1. The summed E-state index contributed by atoms with van der Waals surface area (Å²) in [4.78, 5) is 27.9. The van der Waals surface area contributed by atoms with Gasteiger partial charge >= 0.3 is 0 Å². The maximum atomic E-state index is 12.1. The largest absolute Gasteiger partial charge is 0.357 e. The van der Waals surface area contributed by atoms with Crippen LogP contribution in [-0.4, -0.2) is 86.1 Å². The zero-order valence-electron chi connectivity index (χ0n) is 18.4. The Morgan fingerprint density at radius 2 is 1.86 bits per heavy atom. The Hall–Kier alpha value is -2.35. The molecular weight excluding hydrogens is 366 g/mol. The lowest BCUT2D eigenvalue weighted by Gasteiger charge is -2.33. The fraction of sp³-hybridized carbons (Fsp3) is 0.667. The van der Waals surface area contributed by atoms with Gasteiger partial charge in [-0.05, 0) is 39.4 Å². The maximum absolute atomic E-state index is 12.1. The Bertz CT molecular complexity index is 635. The predicted molar refractivity (Wildman–Crippen MR) is 119 cm³/mol. The maximum Gasteiger partial charge on any atom is 0.224 e. The van der Waals surface area contributed by atoms with Gasteiger partial charge in [-0.25, -0.2) is 9.98 Å². The molecule has 1 fully saturated rings. The number of aliphatic imine (C=N–C) groups is 1. The molecule has 1 aromatic rings. The van der Waals surface area contributed by atoms with Gasteiger partial charge in [0.1, 0.15) is 5.82 Å². The summed E-state index contributed by atoms with van der Waals surface area (Å²) in [5.74, 6) is 1.93. The fourth-order valence-corrected chi connectivity index (χ4v) is 3.27. The lowest BCUT2D eigenvalue weighted by molar-refractivity contribution is -0.130. The van der Waals surface area contributed by atoms with Crippen molar-refractivity contribution in [1.29, 1.82) is 0 Å². The Morgan fingerprint density at radius 1 is 1.14 bits per heavy atom. The Balaban J connectivity index is 1.85. The van der Waals surface area contributed by atoms with Crippen LogP contribution in [0, 0.1) is 0 Å². The van der Waals surface area contributed by atoms with Crippen LogP contribution < -0.4 is 15.5 Å². The molecule has 1 aliphatic heterocycles. The average molecular weight is 404 g/mol. The van der Waals surface area contributed by atoms with Crippen molar-refractivity contribution >= 4 is 17.7 Å². The summed E-state index contributed by atoms with van der Waals surface area (Å²) in [6, 6.07) is 4.18. The van der Waals surface area contributed by atoms with Crippen molar-refractivity contribution in [1.82, 2.24) is 25.4 Å². The van der Waals surface area contributed by atoms with Gasteiger partial charge in [-0.1, -0.05) is 6.07 Å². The Morgan fingerprint density at radius 3 is 2.45 bits per heavy atom. The lowest BCUT2D eigenvalue weighted by atomic mass is 10.2. The molecule has 0 aromatic carbocycles. The number of guanidine groups is 1. The number of hydrogen-bond donors (Lipinski definition) is 2. The first kappa shape index (κ1) is 22.9. The van der Waals surface area contributed by atoms with E-state index in [9.17, 15) is 4.79 Å². The van der Waals surface area contributed by atoms with E-state index in [1.54, 1.807) is 0 Å². The van der Waals surface area contributed by atoms with Gasteiger partial charge in [-0.2, -0.15) is 0 Å². The van der Waals surface area contributed by atoms with Crippen molar-refractivity contribution in [3.63, 3.8) is 0 Å². The van der Waals surface area contributed by atoms with Gasteiger partial charge in [-0.15, -0.1) is 0 Å². The average Bonchev–Trinajstić information content (AvgIpc) is 2.74. The second-order valence-corrected chi connectivity index (χ2v) is 7.25. The second kappa shape index (κ2) is 12.3. The molecule has 1 amide bonds. The highest BCUT2D eigenvalue weighted by molar-refractivity contribution is 5.81. The van der Waals surface area contributed by atoms with Gasteiger partial charge in [0.2, 0.25) is 5.91 Å². The fourth-order valence-electron chi connectivity index (χ4n) is 3.27. The smallest absolute Gasteiger partial charge is 0.224 e. The zero-order valence-corrected chi connectivity index (χ0v) is 18.4. The number of hydrogen-bond acceptors (Lipinski definition) is 5. The van der Waals surface area contributed by atoms with Crippen molar-refractivity contribution in [2.24, 2.45) is 4.99 Å². The molecule has 2 heterocycles. The van der Waals surface area contributed by atoms with Crippen LogP contribution in [0.15, 0.2) is 23.3 Å². The predicted octanol–water partition coefficient (Wildman–Crippen LogP) is 1.15. The molecule has 0 unspecified atom stereocenters. The highest BCUT2D eigenvalue weighted by atomic mass is 16.2. The summed E-state index contributed by atoms with van der Waals surface area (Å²) >= 11 is 0. The van der Waals surface area contributed by atoms with Crippen LogP contribution in [-0.2, 0) is 11.3 Å². The molecule has 29 heavy (non-hydrogen) atoms. The zero-order chi connectivity index (χ0) is 21.1. The number of carbonyl (C=O) groups is 1. The van der Waals surface area contributed by atoms with Crippen molar-refractivity contribution in [2.75, 3.05) is 64.3 Å². The molecule has 1 aliphatic rings. The molecule has 0 radical (unpaired) electrons. The molecule has 0 spiro atoms. The number of amides is 1. The molecule has 1 saturated heterocycles. The molecule has 8 heteroatoms. The van der Waals surface area contributed by atoms with E-state index in [1.165, 1.54) is 0 Å². The Labute approximate surface area is 175 Å². The minimum atomic E-state index is 0.169. The quantitative estimate of drug-likeness (QED) is 0.476. The third kappa shape index (κ3) is 7.53. The van der Waals surface area contributed by atoms with E-state index in [2.05, 4.69) is 49.6 Å². The molecule has 162 valence electrons. The first-order valence-electron chi connectivity index (χ1n) is 10.8. The van der Waals surface area contributed by atoms with Crippen LogP contribution in [0.2, 0.25) is 0 Å².